The second-order valence-electron chi connectivity index (χ2n) is 5.89. The quantitative estimate of drug-likeness (QED) is 0.615. The molecule has 28 heavy (non-hydrogen) atoms. The summed E-state index contributed by atoms with van der Waals surface area (Å²) in [6.45, 7) is 2.41. The molecule has 0 atom stereocenters. The van der Waals surface area contributed by atoms with Crippen LogP contribution in [-0.4, -0.2) is 38.0 Å². The number of aryl methyl sites for hydroxylation is 1. The summed E-state index contributed by atoms with van der Waals surface area (Å²) in [6, 6.07) is 6.70. The van der Waals surface area contributed by atoms with Gasteiger partial charge in [-0.3, -0.25) is 14.2 Å². The zero-order chi connectivity index (χ0) is 20.3. The van der Waals surface area contributed by atoms with Crippen LogP contribution in [0.25, 0.3) is 0 Å². The largest absolute Gasteiger partial charge is 0.461 e. The van der Waals surface area contributed by atoms with Crippen LogP contribution in [0.5, 0.6) is 0 Å². The Labute approximate surface area is 171 Å². The molecule has 0 bridgehead atoms. The van der Waals surface area contributed by atoms with Crippen molar-refractivity contribution in [2.75, 3.05) is 11.9 Å². The fraction of sp³-hybridized carbons (Fsp3) is 0.222. The molecule has 1 amide bonds. The average Bonchev–Trinajstić information content (AvgIpc) is 3.25. The van der Waals surface area contributed by atoms with Gasteiger partial charge in [-0.1, -0.05) is 29.3 Å². The highest BCUT2D eigenvalue weighted by atomic mass is 35.5. The highest BCUT2D eigenvalue weighted by molar-refractivity contribution is 6.42. The number of hydrogen-bond donors (Lipinski definition) is 1. The molecule has 2 aromatic heterocycles. The standard InChI is InChI=1S/C18H17Cl2N5O3/c1-3-28-18(27)16-7-15(23-24(16)2)17(26)22-12-8-21-25(10-12)9-11-4-5-13(19)14(20)6-11/h4-8,10H,3,9H2,1-2H3,(H,22,26). The Kier molecular flexibility index (Phi) is 6.01. The van der Waals surface area contributed by atoms with Crippen LogP contribution in [0.4, 0.5) is 5.69 Å². The van der Waals surface area contributed by atoms with E-state index in [1.807, 2.05) is 6.07 Å². The summed E-state index contributed by atoms with van der Waals surface area (Å²) in [5.74, 6) is -0.994. The van der Waals surface area contributed by atoms with Crippen molar-refractivity contribution in [3.05, 3.63) is 63.7 Å². The number of ether oxygens (including phenoxy) is 1. The zero-order valence-electron chi connectivity index (χ0n) is 15.1. The summed E-state index contributed by atoms with van der Waals surface area (Å²) in [5, 5.41) is 11.9. The third-order valence-corrected chi connectivity index (χ3v) is 4.56. The maximum atomic E-state index is 12.4. The first-order valence-corrected chi connectivity index (χ1v) is 9.12. The molecule has 3 aromatic rings. The van der Waals surface area contributed by atoms with E-state index in [0.717, 1.165) is 5.56 Å². The van der Waals surface area contributed by atoms with Gasteiger partial charge >= 0.3 is 5.97 Å². The van der Waals surface area contributed by atoms with Crippen LogP contribution in [0.3, 0.4) is 0 Å². The molecule has 146 valence electrons. The maximum Gasteiger partial charge on any atom is 0.356 e. The van der Waals surface area contributed by atoms with E-state index in [1.54, 1.807) is 37.0 Å². The molecule has 10 heteroatoms. The number of benzene rings is 1. The predicted octanol–water partition coefficient (Wildman–Crippen LogP) is 3.40. The zero-order valence-corrected chi connectivity index (χ0v) is 16.7. The van der Waals surface area contributed by atoms with E-state index >= 15 is 0 Å². The number of halogens is 2. The van der Waals surface area contributed by atoms with Crippen LogP contribution >= 0.6 is 23.2 Å². The van der Waals surface area contributed by atoms with Gasteiger partial charge in [0, 0.05) is 19.3 Å². The van der Waals surface area contributed by atoms with Gasteiger partial charge < -0.3 is 10.1 Å². The Hall–Kier alpha value is -2.84. The van der Waals surface area contributed by atoms with Crippen LogP contribution in [0.1, 0.15) is 33.5 Å². The van der Waals surface area contributed by atoms with Crippen molar-refractivity contribution in [1.29, 1.82) is 0 Å². The van der Waals surface area contributed by atoms with Crippen LogP contribution < -0.4 is 5.32 Å². The topological polar surface area (TPSA) is 91.0 Å². The van der Waals surface area contributed by atoms with E-state index in [1.165, 1.54) is 16.9 Å². The first-order chi connectivity index (χ1) is 13.4. The number of nitrogens with one attached hydrogen (secondary N) is 1. The molecule has 0 saturated carbocycles. The molecule has 1 N–H and O–H groups in total. The Morgan fingerprint density at radius 3 is 2.71 bits per heavy atom. The molecular formula is C18H17Cl2N5O3. The van der Waals surface area contributed by atoms with Gasteiger partial charge in [0.25, 0.3) is 5.91 Å². The van der Waals surface area contributed by atoms with Crippen molar-refractivity contribution in [2.24, 2.45) is 7.05 Å². The molecular weight excluding hydrogens is 405 g/mol. The Morgan fingerprint density at radius 1 is 1.21 bits per heavy atom. The molecule has 0 spiro atoms. The molecule has 0 aliphatic carbocycles. The van der Waals surface area contributed by atoms with Crippen molar-refractivity contribution >= 4 is 40.8 Å². The van der Waals surface area contributed by atoms with E-state index in [-0.39, 0.29) is 18.0 Å². The van der Waals surface area contributed by atoms with Gasteiger partial charge in [-0.2, -0.15) is 10.2 Å². The molecule has 2 heterocycles. The van der Waals surface area contributed by atoms with Crippen molar-refractivity contribution in [3.63, 3.8) is 0 Å². The number of esters is 1. The molecule has 0 fully saturated rings. The minimum absolute atomic E-state index is 0.0998. The minimum atomic E-state index is -0.536. The molecule has 0 unspecified atom stereocenters. The number of carbonyl (C=O) groups is 2. The first-order valence-electron chi connectivity index (χ1n) is 8.36. The SMILES string of the molecule is CCOC(=O)c1cc(C(=O)Nc2cnn(Cc3ccc(Cl)c(Cl)c3)c2)nn1C. The number of hydrogen-bond acceptors (Lipinski definition) is 5. The number of rotatable bonds is 6. The fourth-order valence-corrected chi connectivity index (χ4v) is 2.83. The lowest BCUT2D eigenvalue weighted by molar-refractivity contribution is 0.0513. The van der Waals surface area contributed by atoms with Crippen LogP contribution in [-0.2, 0) is 18.3 Å². The van der Waals surface area contributed by atoms with E-state index in [0.29, 0.717) is 22.3 Å². The number of aromatic nitrogens is 4. The van der Waals surface area contributed by atoms with Gasteiger partial charge in [0.2, 0.25) is 0 Å². The molecule has 3 rings (SSSR count). The smallest absolute Gasteiger partial charge is 0.356 e. The van der Waals surface area contributed by atoms with Gasteiger partial charge in [0.15, 0.2) is 5.69 Å². The highest BCUT2D eigenvalue weighted by Crippen LogP contribution is 2.23. The van der Waals surface area contributed by atoms with E-state index < -0.39 is 11.9 Å². The summed E-state index contributed by atoms with van der Waals surface area (Å²) in [5.41, 5.74) is 1.71. The monoisotopic (exact) mass is 421 g/mol. The van der Waals surface area contributed by atoms with Gasteiger partial charge in [-0.25, -0.2) is 4.79 Å². The van der Waals surface area contributed by atoms with Crippen LogP contribution in [0, 0.1) is 0 Å². The summed E-state index contributed by atoms with van der Waals surface area (Å²) in [4.78, 5) is 24.2. The maximum absolute atomic E-state index is 12.4. The molecule has 0 radical (unpaired) electrons. The Bertz CT molecular complexity index is 1030. The summed E-state index contributed by atoms with van der Waals surface area (Å²) in [7, 11) is 1.57. The summed E-state index contributed by atoms with van der Waals surface area (Å²) >= 11 is 11.9. The fourth-order valence-electron chi connectivity index (χ4n) is 2.51. The molecule has 1 aromatic carbocycles. The Balaban J connectivity index is 1.67. The second-order valence-corrected chi connectivity index (χ2v) is 6.70. The number of nitrogens with zero attached hydrogens (tertiary/aromatic N) is 4. The van der Waals surface area contributed by atoms with E-state index in [4.69, 9.17) is 27.9 Å². The summed E-state index contributed by atoms with van der Waals surface area (Å²) in [6.07, 6.45) is 3.19. The average molecular weight is 422 g/mol. The van der Waals surface area contributed by atoms with E-state index in [2.05, 4.69) is 15.5 Å². The molecule has 0 aliphatic heterocycles. The number of carbonyl (C=O) groups excluding carboxylic acids is 2. The second kappa shape index (κ2) is 8.45. The van der Waals surface area contributed by atoms with Crippen LogP contribution in [0.15, 0.2) is 36.7 Å². The van der Waals surface area contributed by atoms with Crippen molar-refractivity contribution < 1.29 is 14.3 Å². The Morgan fingerprint density at radius 2 is 2.00 bits per heavy atom. The third kappa shape index (κ3) is 4.52. The van der Waals surface area contributed by atoms with Crippen LogP contribution in [0.2, 0.25) is 10.0 Å². The lowest BCUT2D eigenvalue weighted by Gasteiger charge is -2.03. The first kappa shape index (κ1) is 19.9. The number of amides is 1. The molecule has 0 aliphatic rings. The van der Waals surface area contributed by atoms with Crippen molar-refractivity contribution in [2.45, 2.75) is 13.5 Å². The molecule has 8 nitrogen and oxygen atoms in total. The van der Waals surface area contributed by atoms with Gasteiger partial charge in [0.1, 0.15) is 5.69 Å². The van der Waals surface area contributed by atoms with Gasteiger partial charge in [-0.05, 0) is 24.6 Å². The lowest BCUT2D eigenvalue weighted by atomic mass is 10.2. The van der Waals surface area contributed by atoms with Gasteiger partial charge in [-0.15, -0.1) is 0 Å². The normalized spacial score (nSPS) is 10.7. The highest BCUT2D eigenvalue weighted by Gasteiger charge is 2.19. The predicted molar refractivity (Wildman–Crippen MR) is 105 cm³/mol. The van der Waals surface area contributed by atoms with Crippen molar-refractivity contribution in [3.8, 4) is 0 Å². The lowest BCUT2D eigenvalue weighted by Crippen LogP contribution is -2.12. The van der Waals surface area contributed by atoms with Gasteiger partial charge in [0.05, 0.1) is 35.1 Å². The molecule has 0 saturated heterocycles. The minimum Gasteiger partial charge on any atom is -0.461 e. The third-order valence-electron chi connectivity index (χ3n) is 3.82. The van der Waals surface area contributed by atoms with E-state index in [9.17, 15) is 9.59 Å². The number of anilines is 1. The van der Waals surface area contributed by atoms with Crippen molar-refractivity contribution in [1.82, 2.24) is 19.6 Å². The summed E-state index contributed by atoms with van der Waals surface area (Å²) < 4.78 is 7.89.